The number of hydrogen-bond acceptors (Lipinski definition) is 3. The van der Waals surface area contributed by atoms with Gasteiger partial charge < -0.3 is 20.4 Å². The Morgan fingerprint density at radius 1 is 1.15 bits per heavy atom. The minimum atomic E-state index is -0.261. The summed E-state index contributed by atoms with van der Waals surface area (Å²) in [5.41, 5.74) is 1.82. The van der Waals surface area contributed by atoms with Crippen molar-refractivity contribution in [2.24, 2.45) is 10.9 Å². The Hall–Kier alpha value is -2.03. The molecule has 1 amide bonds. The molecule has 0 bridgehead atoms. The van der Waals surface area contributed by atoms with Crippen LogP contribution < -0.4 is 16.0 Å². The Balaban J connectivity index is 0.00000338. The summed E-state index contributed by atoms with van der Waals surface area (Å²) in [4.78, 5) is 16.2. The van der Waals surface area contributed by atoms with Crippen molar-refractivity contribution in [3.8, 4) is 0 Å². The monoisotopic (exact) mass is 470 g/mol. The molecule has 3 N–H and O–H groups in total. The molecule has 1 aromatic heterocycles. The molecule has 26 heavy (non-hydrogen) atoms. The molecule has 0 fully saturated rings. The number of hydrogen-bond donors (Lipinski definition) is 3. The third-order valence-electron chi connectivity index (χ3n) is 4.00. The number of furan rings is 1. The van der Waals surface area contributed by atoms with Crippen LogP contribution in [0, 0.1) is 5.92 Å². The minimum Gasteiger partial charge on any atom is -0.459 e. The Kier molecular flexibility index (Phi) is 9.18. The molecule has 2 aromatic rings. The van der Waals surface area contributed by atoms with Crippen molar-refractivity contribution in [1.29, 1.82) is 0 Å². The first-order valence-electron chi connectivity index (χ1n) is 8.40. The molecule has 0 aliphatic heterocycles. The second-order valence-corrected chi connectivity index (χ2v) is 6.23. The largest absolute Gasteiger partial charge is 0.459 e. The van der Waals surface area contributed by atoms with E-state index < -0.39 is 0 Å². The van der Waals surface area contributed by atoms with E-state index in [1.165, 1.54) is 6.26 Å². The van der Waals surface area contributed by atoms with Gasteiger partial charge in [0.25, 0.3) is 5.91 Å². The van der Waals surface area contributed by atoms with E-state index in [0.717, 1.165) is 17.2 Å². The van der Waals surface area contributed by atoms with E-state index in [-0.39, 0.29) is 29.9 Å². The first-order chi connectivity index (χ1) is 12.0. The van der Waals surface area contributed by atoms with Crippen LogP contribution in [0.25, 0.3) is 0 Å². The summed E-state index contributed by atoms with van der Waals surface area (Å²) in [6.07, 6.45) is 1.48. The lowest BCUT2D eigenvalue weighted by Crippen LogP contribution is -2.43. The van der Waals surface area contributed by atoms with Gasteiger partial charge in [-0.1, -0.05) is 26.0 Å². The van der Waals surface area contributed by atoms with Crippen molar-refractivity contribution >= 4 is 41.5 Å². The van der Waals surface area contributed by atoms with Gasteiger partial charge in [0.1, 0.15) is 0 Å². The fourth-order valence-corrected chi connectivity index (χ4v) is 2.07. The van der Waals surface area contributed by atoms with Crippen LogP contribution in [-0.4, -0.2) is 25.0 Å². The van der Waals surface area contributed by atoms with Gasteiger partial charge in [-0.2, -0.15) is 0 Å². The summed E-state index contributed by atoms with van der Waals surface area (Å²) in [6.45, 7) is 7.12. The van der Waals surface area contributed by atoms with E-state index in [1.807, 2.05) is 24.3 Å². The number of carbonyl (C=O) groups excluding carboxylic acids is 1. The third-order valence-corrected chi connectivity index (χ3v) is 4.00. The SMILES string of the molecule is CN=C(NCc1ccc(NC(=O)c2ccco2)cc1)NC(C)C(C)C.I. The Bertz CT molecular complexity index is 697. The second-order valence-electron chi connectivity index (χ2n) is 6.23. The lowest BCUT2D eigenvalue weighted by atomic mass is 10.1. The Morgan fingerprint density at radius 2 is 1.85 bits per heavy atom. The van der Waals surface area contributed by atoms with E-state index in [0.29, 0.717) is 24.3 Å². The quantitative estimate of drug-likeness (QED) is 0.341. The third kappa shape index (κ3) is 6.70. The van der Waals surface area contributed by atoms with Crippen molar-refractivity contribution in [2.75, 3.05) is 12.4 Å². The molecule has 0 saturated carbocycles. The van der Waals surface area contributed by atoms with E-state index in [9.17, 15) is 4.79 Å². The number of rotatable bonds is 6. The first-order valence-corrected chi connectivity index (χ1v) is 8.40. The maximum Gasteiger partial charge on any atom is 0.291 e. The fraction of sp³-hybridized carbons (Fsp3) is 0.368. The number of anilines is 1. The highest BCUT2D eigenvalue weighted by molar-refractivity contribution is 14.0. The standard InChI is InChI=1S/C19H26N4O2.HI/c1-13(2)14(3)22-19(20-4)21-12-15-7-9-16(10-8-15)23-18(24)17-6-5-11-25-17;/h5-11,13-14H,12H2,1-4H3,(H,23,24)(H2,20,21,22);1H. The molecule has 0 spiro atoms. The van der Waals surface area contributed by atoms with Crippen LogP contribution in [-0.2, 0) is 6.54 Å². The molecule has 0 aliphatic carbocycles. The number of aliphatic imine (C=N–C) groups is 1. The zero-order valence-corrected chi connectivity index (χ0v) is 17.9. The minimum absolute atomic E-state index is 0. The summed E-state index contributed by atoms with van der Waals surface area (Å²) in [6, 6.07) is 11.3. The van der Waals surface area contributed by atoms with Crippen LogP contribution in [0.1, 0.15) is 36.9 Å². The molecule has 0 radical (unpaired) electrons. The molecule has 1 aromatic carbocycles. The fourth-order valence-electron chi connectivity index (χ4n) is 2.07. The topological polar surface area (TPSA) is 78.7 Å². The van der Waals surface area contributed by atoms with Crippen LogP contribution in [0.3, 0.4) is 0 Å². The number of benzene rings is 1. The predicted octanol–water partition coefficient (Wildman–Crippen LogP) is 3.86. The lowest BCUT2D eigenvalue weighted by Gasteiger charge is -2.20. The zero-order chi connectivity index (χ0) is 18.2. The molecule has 1 heterocycles. The van der Waals surface area contributed by atoms with Gasteiger partial charge in [0.2, 0.25) is 0 Å². The second kappa shape index (κ2) is 10.8. The molecular weight excluding hydrogens is 443 g/mol. The van der Waals surface area contributed by atoms with Gasteiger partial charge in [0.15, 0.2) is 11.7 Å². The molecule has 2 rings (SSSR count). The van der Waals surface area contributed by atoms with Gasteiger partial charge in [0, 0.05) is 25.3 Å². The van der Waals surface area contributed by atoms with Crippen molar-refractivity contribution in [3.05, 3.63) is 54.0 Å². The van der Waals surface area contributed by atoms with E-state index in [1.54, 1.807) is 19.2 Å². The van der Waals surface area contributed by atoms with E-state index >= 15 is 0 Å². The van der Waals surface area contributed by atoms with E-state index in [2.05, 4.69) is 41.7 Å². The van der Waals surface area contributed by atoms with Crippen LogP contribution in [0.4, 0.5) is 5.69 Å². The van der Waals surface area contributed by atoms with Gasteiger partial charge in [0.05, 0.1) is 6.26 Å². The summed E-state index contributed by atoms with van der Waals surface area (Å²) >= 11 is 0. The highest BCUT2D eigenvalue weighted by Crippen LogP contribution is 2.12. The van der Waals surface area contributed by atoms with Gasteiger partial charge in [-0.3, -0.25) is 9.79 Å². The van der Waals surface area contributed by atoms with Crippen LogP contribution >= 0.6 is 24.0 Å². The maximum atomic E-state index is 11.9. The Labute approximate surface area is 171 Å². The number of guanidine groups is 1. The van der Waals surface area contributed by atoms with Crippen molar-refractivity contribution < 1.29 is 9.21 Å². The van der Waals surface area contributed by atoms with Crippen molar-refractivity contribution in [3.63, 3.8) is 0 Å². The number of carbonyl (C=O) groups is 1. The molecule has 0 aliphatic rings. The normalized spacial score (nSPS) is 12.3. The van der Waals surface area contributed by atoms with Gasteiger partial charge in [-0.05, 0) is 42.7 Å². The van der Waals surface area contributed by atoms with Crippen LogP contribution in [0.2, 0.25) is 0 Å². The average molecular weight is 470 g/mol. The number of amides is 1. The van der Waals surface area contributed by atoms with E-state index in [4.69, 9.17) is 4.42 Å². The summed E-state index contributed by atoms with van der Waals surface area (Å²) < 4.78 is 5.07. The maximum absolute atomic E-state index is 11.9. The highest BCUT2D eigenvalue weighted by atomic mass is 127. The van der Waals surface area contributed by atoms with Crippen molar-refractivity contribution in [1.82, 2.24) is 10.6 Å². The zero-order valence-electron chi connectivity index (χ0n) is 15.6. The van der Waals surface area contributed by atoms with Gasteiger partial charge in [-0.15, -0.1) is 24.0 Å². The molecule has 6 nitrogen and oxygen atoms in total. The summed E-state index contributed by atoms with van der Waals surface area (Å²) in [5.74, 6) is 1.33. The molecule has 1 atom stereocenters. The summed E-state index contributed by atoms with van der Waals surface area (Å²) in [7, 11) is 1.76. The molecular formula is C19H27IN4O2. The van der Waals surface area contributed by atoms with Crippen LogP contribution in [0.5, 0.6) is 0 Å². The number of nitrogens with one attached hydrogen (secondary N) is 3. The summed E-state index contributed by atoms with van der Waals surface area (Å²) in [5, 5.41) is 9.45. The first kappa shape index (κ1) is 22.0. The molecule has 7 heteroatoms. The number of halogens is 1. The van der Waals surface area contributed by atoms with Gasteiger partial charge in [-0.25, -0.2) is 0 Å². The smallest absolute Gasteiger partial charge is 0.291 e. The molecule has 142 valence electrons. The molecule has 1 unspecified atom stereocenters. The number of nitrogens with zero attached hydrogens (tertiary/aromatic N) is 1. The predicted molar refractivity (Wildman–Crippen MR) is 116 cm³/mol. The highest BCUT2D eigenvalue weighted by Gasteiger charge is 2.10. The van der Waals surface area contributed by atoms with Gasteiger partial charge >= 0.3 is 0 Å². The van der Waals surface area contributed by atoms with Crippen LogP contribution in [0.15, 0.2) is 52.1 Å². The Morgan fingerprint density at radius 3 is 2.38 bits per heavy atom. The molecule has 0 saturated heterocycles. The lowest BCUT2D eigenvalue weighted by molar-refractivity contribution is 0.0996. The average Bonchev–Trinajstić information content (AvgIpc) is 3.14. The van der Waals surface area contributed by atoms with Crippen molar-refractivity contribution in [2.45, 2.75) is 33.4 Å².